The Morgan fingerprint density at radius 3 is 2.05 bits per heavy atom. The van der Waals surface area contributed by atoms with E-state index in [1.165, 1.54) is 39.3 Å². The van der Waals surface area contributed by atoms with Crippen LogP contribution in [0.1, 0.15) is 63.8 Å². The largest absolute Gasteiger partial charge is 0.509 e. The topological polar surface area (TPSA) is 32.0 Å². The Kier molecular flexibility index (Phi) is 8.43. The van der Waals surface area contributed by atoms with Gasteiger partial charge >= 0.3 is 0 Å². The van der Waals surface area contributed by atoms with E-state index in [1.54, 1.807) is 0 Å². The predicted octanol–water partition coefficient (Wildman–Crippen LogP) is 12.9. The van der Waals surface area contributed by atoms with Crippen LogP contribution in [-0.4, -0.2) is 14.1 Å². The van der Waals surface area contributed by atoms with Crippen LogP contribution < -0.4 is 13.9 Å². The molecule has 0 saturated carbocycles. The molecule has 7 heteroatoms. The minimum atomic E-state index is 0. The average molecular weight is 928 g/mol. The summed E-state index contributed by atoms with van der Waals surface area (Å²) in [4.78, 5) is 4.98. The summed E-state index contributed by atoms with van der Waals surface area (Å²) in [5, 5.41) is 2.23. The van der Waals surface area contributed by atoms with Crippen molar-refractivity contribution in [1.82, 2.24) is 23.3 Å². The van der Waals surface area contributed by atoms with Crippen molar-refractivity contribution in [2.75, 3.05) is 0 Å². The average Bonchev–Trinajstić information content (AvgIpc) is 3.35. The molecule has 0 amide bonds. The standard InChI is InChI=1S/C50H46N5O.Pt/c1-33-27-36(50(6,7)8)28-34(2)47(33)52-26-25-51-48(52)53-43-20-10-9-19-41(43)42-24-23-40(31-44(42)53)56-39-18-14-17-38(30-39)55-32-54(55,45-21-11-12-22-46(45)55)37-16-13-15-35(29-37)49(3,4)5;/h9-29,32H,1-8H3;/q-1;/t54-,55?;/m0./s1. The Labute approximate surface area is 350 Å². The summed E-state index contributed by atoms with van der Waals surface area (Å²) in [5.74, 6) is 2.07. The third-order valence-corrected chi connectivity index (χ3v) is 11.8. The molecule has 57 heavy (non-hydrogen) atoms. The number of imidazole rings is 1. The summed E-state index contributed by atoms with van der Waals surface area (Å²) in [6.07, 6.45) is 3.95. The number of aromatic nitrogens is 3. The van der Waals surface area contributed by atoms with E-state index in [0.29, 0.717) is 20.7 Å². The van der Waals surface area contributed by atoms with Gasteiger partial charge in [0.25, 0.3) is 0 Å². The predicted molar refractivity (Wildman–Crippen MR) is 229 cm³/mol. The second-order valence-corrected chi connectivity index (χ2v) is 17.5. The van der Waals surface area contributed by atoms with Gasteiger partial charge in [-0.2, -0.15) is 16.7 Å². The molecule has 0 aliphatic carbocycles. The van der Waals surface area contributed by atoms with E-state index in [4.69, 9.17) is 9.72 Å². The molecule has 10 rings (SSSR count). The van der Waals surface area contributed by atoms with Crippen LogP contribution in [0.5, 0.6) is 11.5 Å². The van der Waals surface area contributed by atoms with Crippen LogP contribution in [0.4, 0.5) is 22.7 Å². The number of fused-ring (bicyclic) bond motifs is 7. The quantitative estimate of drug-likeness (QED) is 0.0945. The monoisotopic (exact) mass is 927 g/mol. The number of benzene rings is 6. The van der Waals surface area contributed by atoms with Gasteiger partial charge in [-0.05, 0) is 58.4 Å². The van der Waals surface area contributed by atoms with Crippen LogP contribution in [0.15, 0.2) is 128 Å². The molecule has 2 aliphatic rings. The number of hydrogen-bond donors (Lipinski definition) is 0. The van der Waals surface area contributed by atoms with Crippen molar-refractivity contribution >= 4 is 44.6 Å². The molecule has 2 aromatic heterocycles. The second kappa shape index (κ2) is 12.9. The van der Waals surface area contributed by atoms with Crippen molar-refractivity contribution in [3.63, 3.8) is 0 Å². The maximum atomic E-state index is 6.68. The second-order valence-electron chi connectivity index (χ2n) is 17.5. The maximum absolute atomic E-state index is 6.68. The number of quaternary nitrogens is 2. The van der Waals surface area contributed by atoms with Gasteiger partial charge < -0.3 is 9.30 Å². The molecule has 2 aliphatic heterocycles. The van der Waals surface area contributed by atoms with Crippen molar-refractivity contribution in [3.05, 3.63) is 169 Å². The third-order valence-electron chi connectivity index (χ3n) is 11.8. The van der Waals surface area contributed by atoms with Crippen molar-refractivity contribution in [3.8, 4) is 23.1 Å². The smallest absolute Gasteiger partial charge is 0.225 e. The normalized spacial score (nSPS) is 18.5. The molecule has 1 unspecified atom stereocenters. The maximum Gasteiger partial charge on any atom is 0.225 e. The zero-order valence-electron chi connectivity index (χ0n) is 33.7. The SMILES string of the molecule is Cc1cc(C(C)(C)C)cc(C)c1-n1ccnc1-n1c2[c-]c(Oc3[c-]c([N+]45[CH-][N@+]4(c4cccc(C(C)(C)C)c4)c4ccccc45)ccc3)ccc2c2ccccc21.[Pt]. The number of ether oxygens (including phenoxy) is 1. The van der Waals surface area contributed by atoms with Crippen molar-refractivity contribution in [2.24, 2.45) is 0 Å². The summed E-state index contributed by atoms with van der Waals surface area (Å²) in [6, 6.07) is 48.7. The van der Waals surface area contributed by atoms with Crippen LogP contribution >= 0.6 is 0 Å². The Morgan fingerprint density at radius 1 is 0.649 bits per heavy atom. The Morgan fingerprint density at radius 2 is 1.32 bits per heavy atom. The zero-order chi connectivity index (χ0) is 38.8. The number of para-hydroxylation sites is 3. The zero-order valence-corrected chi connectivity index (χ0v) is 35.9. The van der Waals surface area contributed by atoms with E-state index >= 15 is 0 Å². The van der Waals surface area contributed by atoms with Gasteiger partial charge in [0.05, 0.1) is 11.4 Å². The van der Waals surface area contributed by atoms with E-state index < -0.39 is 0 Å². The molecule has 0 bridgehead atoms. The van der Waals surface area contributed by atoms with E-state index in [-0.39, 0.29) is 31.9 Å². The van der Waals surface area contributed by atoms with Gasteiger partial charge in [0.15, 0.2) is 12.4 Å². The Bertz CT molecular complexity index is 2870. The Hall–Kier alpha value is -5.26. The molecular weight excluding hydrogens is 882 g/mol. The molecule has 0 N–H and O–H groups in total. The molecule has 2 atom stereocenters. The first-order chi connectivity index (χ1) is 26.8. The fraction of sp³-hybridized carbons (Fsp3) is 0.200. The fourth-order valence-corrected chi connectivity index (χ4v) is 8.97. The van der Waals surface area contributed by atoms with Gasteiger partial charge in [-0.15, -0.1) is 29.7 Å². The minimum Gasteiger partial charge on any atom is -0.509 e. The molecule has 6 aromatic carbocycles. The number of nitrogens with zero attached hydrogens (tertiary/aromatic N) is 5. The van der Waals surface area contributed by atoms with E-state index in [2.05, 4.69) is 193 Å². The van der Waals surface area contributed by atoms with E-state index in [1.807, 2.05) is 18.3 Å². The van der Waals surface area contributed by atoms with Crippen LogP contribution in [0, 0.1) is 32.6 Å². The minimum absolute atomic E-state index is 0. The summed E-state index contributed by atoms with van der Waals surface area (Å²) in [6.45, 7) is 20.4. The summed E-state index contributed by atoms with van der Waals surface area (Å²) < 4.78 is 12.3. The first-order valence-electron chi connectivity index (χ1n) is 19.5. The first kappa shape index (κ1) is 37.3. The number of hydrogen-bond acceptors (Lipinski definition) is 2. The Balaban J connectivity index is 0.00000422. The van der Waals surface area contributed by atoms with Gasteiger partial charge in [-0.1, -0.05) is 108 Å². The van der Waals surface area contributed by atoms with Crippen LogP contribution in [0.25, 0.3) is 33.4 Å². The van der Waals surface area contributed by atoms with Crippen molar-refractivity contribution < 1.29 is 25.8 Å². The van der Waals surface area contributed by atoms with Crippen molar-refractivity contribution in [2.45, 2.75) is 66.2 Å². The molecular formula is C50H46N5OPt-. The molecule has 1 saturated heterocycles. The van der Waals surface area contributed by atoms with E-state index in [0.717, 1.165) is 39.1 Å². The molecule has 6 nitrogen and oxygen atoms in total. The van der Waals surface area contributed by atoms with Crippen molar-refractivity contribution in [1.29, 1.82) is 0 Å². The summed E-state index contributed by atoms with van der Waals surface area (Å²) >= 11 is 0. The molecule has 288 valence electrons. The summed E-state index contributed by atoms with van der Waals surface area (Å²) in [7, 11) is 0. The van der Waals surface area contributed by atoms with Gasteiger partial charge in [-0.3, -0.25) is 4.57 Å². The molecule has 4 heterocycles. The molecule has 1 fully saturated rings. The fourth-order valence-electron chi connectivity index (χ4n) is 8.97. The summed E-state index contributed by atoms with van der Waals surface area (Å²) in [5.41, 5.74) is 13.1. The molecule has 0 radical (unpaired) electrons. The first-order valence-corrected chi connectivity index (χ1v) is 19.5. The van der Waals surface area contributed by atoms with Gasteiger partial charge in [0, 0.05) is 74.7 Å². The molecule has 8 aromatic rings. The number of aryl methyl sites for hydroxylation is 2. The van der Waals surface area contributed by atoms with Gasteiger partial charge in [-0.25, -0.2) is 9.58 Å². The number of rotatable bonds is 6. The van der Waals surface area contributed by atoms with Crippen LogP contribution in [0.3, 0.4) is 0 Å². The molecule has 0 spiro atoms. The van der Waals surface area contributed by atoms with Crippen LogP contribution in [-0.2, 0) is 31.9 Å². The third kappa shape index (κ3) is 5.45. The van der Waals surface area contributed by atoms with Gasteiger partial charge in [0.1, 0.15) is 0 Å². The van der Waals surface area contributed by atoms with E-state index in [9.17, 15) is 0 Å². The van der Waals surface area contributed by atoms with Crippen LogP contribution in [0.2, 0.25) is 0 Å². The van der Waals surface area contributed by atoms with Gasteiger partial charge in [0.2, 0.25) is 17.3 Å².